The maximum atomic E-state index is 12.5. The first kappa shape index (κ1) is 33.4. The topological polar surface area (TPSA) is 82.0 Å². The van der Waals surface area contributed by atoms with Crippen molar-refractivity contribution in [3.63, 3.8) is 0 Å². The molecule has 2 N–H and O–H groups in total. The van der Waals surface area contributed by atoms with Crippen LogP contribution in [-0.2, 0) is 38.3 Å². The van der Waals surface area contributed by atoms with E-state index in [-0.39, 0.29) is 11.6 Å². The van der Waals surface area contributed by atoms with Crippen LogP contribution in [-0.4, -0.2) is 11.6 Å². The van der Waals surface area contributed by atoms with Crippen LogP contribution in [0.5, 0.6) is 0 Å². The average Bonchev–Trinajstić information content (AvgIpc) is 3.13. The van der Waals surface area contributed by atoms with Gasteiger partial charge in [-0.25, -0.2) is 0 Å². The molecule has 4 aromatic carbocycles. The zero-order chi connectivity index (χ0) is 32.4. The Bertz CT molecular complexity index is 1670. The summed E-state index contributed by atoms with van der Waals surface area (Å²) in [6.45, 7) is 1.41. The molecule has 5 nitrogen and oxygen atoms in total. The molecule has 2 aliphatic carbocycles. The summed E-state index contributed by atoms with van der Waals surface area (Å²) in [6, 6.07) is 39.7. The van der Waals surface area contributed by atoms with Gasteiger partial charge in [0.25, 0.3) is 0 Å². The van der Waals surface area contributed by atoms with E-state index in [0.717, 1.165) is 22.3 Å². The van der Waals surface area contributed by atoms with Gasteiger partial charge in [-0.3, -0.25) is 9.59 Å². The Morgan fingerprint density at radius 2 is 0.826 bits per heavy atom. The minimum absolute atomic E-state index is 0.0502. The van der Waals surface area contributed by atoms with E-state index in [0.29, 0.717) is 24.2 Å². The Labute approximate surface area is 278 Å². The molecule has 0 atom stereocenters. The average molecular weight is 644 g/mol. The first-order chi connectivity index (χ1) is 22.7. The van der Waals surface area contributed by atoms with Gasteiger partial charge in [0.15, 0.2) is 11.6 Å². The number of hydrogen-bond donors (Lipinski definition) is 2. The second-order valence-electron chi connectivity index (χ2n) is 10.2. The number of nitrogens with zero attached hydrogens (tertiary/aromatic N) is 1. The van der Waals surface area contributed by atoms with Crippen LogP contribution < -0.4 is 10.6 Å². The third-order valence-electron chi connectivity index (χ3n) is 7.07. The van der Waals surface area contributed by atoms with Crippen molar-refractivity contribution in [2.45, 2.75) is 13.1 Å². The molecule has 0 aromatic heterocycles. The van der Waals surface area contributed by atoms with Crippen molar-refractivity contribution in [2.24, 2.45) is 0 Å². The fourth-order valence-electron chi connectivity index (χ4n) is 4.78. The number of benzene rings is 4. The first-order valence-electron chi connectivity index (χ1n) is 14.8. The molecule has 0 amide bonds. The van der Waals surface area contributed by atoms with Crippen LogP contribution >= 0.6 is 0 Å². The molecule has 0 saturated heterocycles. The Hall–Kier alpha value is -5.51. The molecule has 0 heterocycles. The maximum absolute atomic E-state index is 12.5. The third kappa shape index (κ3) is 9.75. The van der Waals surface area contributed by atoms with Gasteiger partial charge in [0.2, 0.25) is 0 Å². The summed E-state index contributed by atoms with van der Waals surface area (Å²) >= 11 is 1.94. The number of hydrogen-bond acceptors (Lipinski definition) is 5. The predicted molar refractivity (Wildman–Crippen MR) is 182 cm³/mol. The summed E-state index contributed by atoms with van der Waals surface area (Å²) < 4.78 is 6.81. The summed E-state index contributed by atoms with van der Waals surface area (Å²) in [5, 5.41) is 6.42. The SMILES string of the molecule is O=C1C(c2ccccc2)=CC=C/C1=C\NCc1ccccc1.O=C1C(c2ccccc2)=CC=C/C1=C\NCc1ccccc1.[N]#[Mn]. The zero-order valence-electron chi connectivity index (χ0n) is 25.2. The Morgan fingerprint density at radius 3 is 1.17 bits per heavy atom. The van der Waals surface area contributed by atoms with Crippen LogP contribution in [0.2, 0.25) is 0 Å². The van der Waals surface area contributed by atoms with E-state index in [9.17, 15) is 9.59 Å². The molecular formula is C40H34MnN3O2. The van der Waals surface area contributed by atoms with Gasteiger partial charge in [0.1, 0.15) is 0 Å². The zero-order valence-corrected chi connectivity index (χ0v) is 26.4. The molecule has 0 saturated carbocycles. The van der Waals surface area contributed by atoms with Crippen molar-refractivity contribution in [1.29, 1.82) is 4.20 Å². The first-order valence-corrected chi connectivity index (χ1v) is 15.3. The fraction of sp³-hybridized carbons (Fsp3) is 0.0500. The molecule has 0 aliphatic heterocycles. The number of carbonyl (C=O) groups is 2. The van der Waals surface area contributed by atoms with Gasteiger partial charge >= 0.3 is 19.8 Å². The third-order valence-corrected chi connectivity index (χ3v) is 7.07. The molecule has 4 aromatic rings. The van der Waals surface area contributed by atoms with Crippen LogP contribution in [0.25, 0.3) is 11.1 Å². The van der Waals surface area contributed by atoms with Gasteiger partial charge < -0.3 is 10.6 Å². The van der Waals surface area contributed by atoms with Gasteiger partial charge in [0, 0.05) is 47.8 Å². The van der Waals surface area contributed by atoms with E-state index in [1.807, 2.05) is 149 Å². The van der Waals surface area contributed by atoms with Gasteiger partial charge in [-0.05, 0) is 34.4 Å². The second-order valence-corrected chi connectivity index (χ2v) is 10.2. The van der Waals surface area contributed by atoms with Crippen molar-refractivity contribution in [2.75, 3.05) is 0 Å². The van der Waals surface area contributed by atoms with Crippen molar-refractivity contribution < 1.29 is 25.2 Å². The second kappa shape index (κ2) is 18.3. The number of nitrogens with one attached hydrogen (secondary N) is 2. The molecule has 2 aliphatic rings. The molecule has 0 spiro atoms. The van der Waals surface area contributed by atoms with Crippen LogP contribution in [0, 0.1) is 4.20 Å². The van der Waals surface area contributed by atoms with E-state index < -0.39 is 0 Å². The Kier molecular flexibility index (Phi) is 13.3. The number of rotatable bonds is 8. The Balaban J connectivity index is 0.000000198. The molecule has 6 heteroatoms. The van der Waals surface area contributed by atoms with Gasteiger partial charge in [0.05, 0.1) is 0 Å². The van der Waals surface area contributed by atoms with Crippen molar-refractivity contribution in [1.82, 2.24) is 10.6 Å². The molecule has 0 radical (unpaired) electrons. The summed E-state index contributed by atoms with van der Waals surface area (Å²) in [7, 11) is 0. The van der Waals surface area contributed by atoms with Crippen LogP contribution in [0.3, 0.4) is 0 Å². The quantitative estimate of drug-likeness (QED) is 0.151. The molecule has 6 rings (SSSR count). The standard InChI is InChI=1S/2C20H17NO.Mn.N/c2*22-20-18(15-21-14-16-8-3-1-4-9-16)12-7-13-19(20)17-10-5-2-6-11-17;;/h2*1-13,15,21H,14H2;;/b2*18-15+;;. The summed E-state index contributed by atoms with van der Waals surface area (Å²) in [4.78, 5) is 25.1. The molecule has 0 unspecified atom stereocenters. The number of Topliss-reactive ketones (excluding diaryl/α,β-unsaturated/α-hetero) is 2. The van der Waals surface area contributed by atoms with Gasteiger partial charge in [-0.2, -0.15) is 0 Å². The summed E-state index contributed by atoms with van der Waals surface area (Å²) in [5.41, 5.74) is 7.09. The monoisotopic (exact) mass is 643 g/mol. The summed E-state index contributed by atoms with van der Waals surface area (Å²) in [6.07, 6.45) is 14.8. The van der Waals surface area contributed by atoms with Crippen LogP contribution in [0.15, 0.2) is 181 Å². The van der Waals surface area contributed by atoms with E-state index >= 15 is 0 Å². The van der Waals surface area contributed by atoms with Crippen LogP contribution in [0.1, 0.15) is 22.3 Å². The van der Waals surface area contributed by atoms with E-state index in [2.05, 4.69) is 34.9 Å². The van der Waals surface area contributed by atoms with E-state index in [4.69, 9.17) is 4.20 Å². The molecule has 0 fully saturated rings. The normalized spacial score (nSPS) is 15.1. The molecule has 228 valence electrons. The van der Waals surface area contributed by atoms with Gasteiger partial charge in [-0.15, -0.1) is 0 Å². The number of carbonyl (C=O) groups excluding carboxylic acids is 2. The molecular weight excluding hydrogens is 609 g/mol. The van der Waals surface area contributed by atoms with E-state index in [1.165, 1.54) is 11.1 Å². The molecule has 46 heavy (non-hydrogen) atoms. The minimum atomic E-state index is 0.0502. The van der Waals surface area contributed by atoms with E-state index in [1.54, 1.807) is 12.4 Å². The van der Waals surface area contributed by atoms with Crippen molar-refractivity contribution in [3.05, 3.63) is 204 Å². The Morgan fingerprint density at radius 1 is 0.500 bits per heavy atom. The fourth-order valence-corrected chi connectivity index (χ4v) is 4.78. The number of ketones is 2. The molecule has 0 bridgehead atoms. The van der Waals surface area contributed by atoms with Gasteiger partial charge in [-0.1, -0.05) is 146 Å². The number of allylic oxidation sites excluding steroid dienone is 10. The van der Waals surface area contributed by atoms with Crippen LogP contribution in [0.4, 0.5) is 0 Å². The van der Waals surface area contributed by atoms with Crippen molar-refractivity contribution in [3.8, 4) is 0 Å². The van der Waals surface area contributed by atoms with Crippen molar-refractivity contribution >= 4 is 22.7 Å². The summed E-state index contributed by atoms with van der Waals surface area (Å²) in [5.74, 6) is 0.100. The predicted octanol–water partition coefficient (Wildman–Crippen LogP) is 7.78.